The number of rotatable bonds is 3. The zero-order valence-electron chi connectivity index (χ0n) is 11.4. The molecule has 2 N–H and O–H groups in total. The molecular weight excluding hydrogens is 304 g/mol. The third-order valence-corrected chi connectivity index (χ3v) is 3.70. The zero-order valence-corrected chi connectivity index (χ0v) is 12.1. The Labute approximate surface area is 131 Å². The fourth-order valence-electron chi connectivity index (χ4n) is 2.27. The minimum atomic E-state index is -0.456. The summed E-state index contributed by atoms with van der Waals surface area (Å²) in [5.41, 5.74) is 1.76. The van der Waals surface area contributed by atoms with Crippen molar-refractivity contribution >= 4 is 35.0 Å². The molecule has 5 nitrogen and oxygen atoms in total. The molecule has 3 amide bonds. The van der Waals surface area contributed by atoms with Gasteiger partial charge in [-0.2, -0.15) is 0 Å². The second-order valence-corrected chi connectivity index (χ2v) is 5.27. The Morgan fingerprint density at radius 1 is 1.05 bits per heavy atom. The molecule has 6 heteroatoms. The van der Waals surface area contributed by atoms with Gasteiger partial charge in [0, 0.05) is 10.7 Å². The van der Waals surface area contributed by atoms with Crippen LogP contribution in [0.4, 0.5) is 5.69 Å². The molecule has 0 saturated carbocycles. The van der Waals surface area contributed by atoms with Crippen molar-refractivity contribution in [2.24, 2.45) is 0 Å². The van der Waals surface area contributed by atoms with E-state index in [9.17, 15) is 14.4 Å². The molecule has 1 aliphatic rings. The maximum Gasteiger partial charge on any atom is 0.259 e. The van der Waals surface area contributed by atoms with E-state index < -0.39 is 11.8 Å². The highest BCUT2D eigenvalue weighted by Crippen LogP contribution is 2.21. The maximum atomic E-state index is 12.0. The highest BCUT2D eigenvalue weighted by molar-refractivity contribution is 6.31. The summed E-state index contributed by atoms with van der Waals surface area (Å²) in [5.74, 6) is -1.13. The van der Waals surface area contributed by atoms with E-state index in [0.29, 0.717) is 16.3 Å². The Morgan fingerprint density at radius 3 is 2.55 bits per heavy atom. The highest BCUT2D eigenvalue weighted by Gasteiger charge is 2.26. The molecule has 2 aromatic carbocycles. The second-order valence-electron chi connectivity index (χ2n) is 4.86. The number of carbonyl (C=O) groups is 3. The standard InChI is InChI=1S/C16H11ClN2O3/c17-13-4-2-1-3-9(13)7-14(20)18-10-5-6-11-12(8-10)16(22)19-15(11)21/h1-6,8H,7H2,(H,18,20)(H,19,21,22). The lowest BCUT2D eigenvalue weighted by Crippen LogP contribution is -2.19. The van der Waals surface area contributed by atoms with E-state index in [1.807, 2.05) is 0 Å². The van der Waals surface area contributed by atoms with Crippen molar-refractivity contribution in [3.05, 3.63) is 64.2 Å². The molecule has 0 bridgehead atoms. The van der Waals surface area contributed by atoms with Crippen LogP contribution in [0.15, 0.2) is 42.5 Å². The maximum absolute atomic E-state index is 12.0. The topological polar surface area (TPSA) is 75.3 Å². The molecule has 0 spiro atoms. The van der Waals surface area contributed by atoms with Crippen molar-refractivity contribution in [3.8, 4) is 0 Å². The van der Waals surface area contributed by atoms with Gasteiger partial charge >= 0.3 is 0 Å². The Kier molecular flexibility index (Phi) is 3.65. The number of hydrogen-bond acceptors (Lipinski definition) is 3. The number of halogens is 1. The fraction of sp³-hybridized carbons (Fsp3) is 0.0625. The van der Waals surface area contributed by atoms with E-state index in [1.54, 1.807) is 30.3 Å². The van der Waals surface area contributed by atoms with Crippen LogP contribution in [-0.2, 0) is 11.2 Å². The number of anilines is 1. The minimum Gasteiger partial charge on any atom is -0.326 e. The van der Waals surface area contributed by atoms with Gasteiger partial charge in [0.15, 0.2) is 0 Å². The first kappa shape index (κ1) is 14.3. The Hall–Kier alpha value is -2.66. The molecule has 0 radical (unpaired) electrons. The van der Waals surface area contributed by atoms with Gasteiger partial charge in [0.25, 0.3) is 11.8 Å². The SMILES string of the molecule is O=C(Cc1ccccc1Cl)Nc1ccc2c(c1)C(=O)NC2=O. The summed E-state index contributed by atoms with van der Waals surface area (Å²) >= 11 is 6.01. The molecule has 0 aromatic heterocycles. The minimum absolute atomic E-state index is 0.127. The van der Waals surface area contributed by atoms with Crippen molar-refractivity contribution in [3.63, 3.8) is 0 Å². The highest BCUT2D eigenvalue weighted by atomic mass is 35.5. The van der Waals surface area contributed by atoms with Crippen molar-refractivity contribution < 1.29 is 14.4 Å². The van der Waals surface area contributed by atoms with E-state index in [0.717, 1.165) is 5.56 Å². The molecular formula is C16H11ClN2O3. The van der Waals surface area contributed by atoms with Gasteiger partial charge in [-0.25, -0.2) is 0 Å². The summed E-state index contributed by atoms with van der Waals surface area (Å²) in [7, 11) is 0. The number of carbonyl (C=O) groups excluding carboxylic acids is 3. The second kappa shape index (κ2) is 5.61. The van der Waals surface area contributed by atoms with Gasteiger partial charge in [0.2, 0.25) is 5.91 Å². The zero-order chi connectivity index (χ0) is 15.7. The molecule has 0 unspecified atom stereocenters. The third-order valence-electron chi connectivity index (χ3n) is 3.33. The van der Waals surface area contributed by atoms with Crippen LogP contribution in [0, 0.1) is 0 Å². The molecule has 3 rings (SSSR count). The van der Waals surface area contributed by atoms with Crippen LogP contribution in [0.2, 0.25) is 5.02 Å². The Bertz CT molecular complexity index is 802. The summed E-state index contributed by atoms with van der Waals surface area (Å²) in [6, 6.07) is 11.7. The van der Waals surface area contributed by atoms with Crippen LogP contribution in [-0.4, -0.2) is 17.7 Å². The van der Waals surface area contributed by atoms with Gasteiger partial charge in [-0.3, -0.25) is 19.7 Å². The van der Waals surface area contributed by atoms with E-state index in [-0.39, 0.29) is 17.9 Å². The van der Waals surface area contributed by atoms with Crippen molar-refractivity contribution in [2.45, 2.75) is 6.42 Å². The lowest BCUT2D eigenvalue weighted by molar-refractivity contribution is -0.115. The van der Waals surface area contributed by atoms with Crippen LogP contribution < -0.4 is 10.6 Å². The molecule has 22 heavy (non-hydrogen) atoms. The summed E-state index contributed by atoms with van der Waals surface area (Å²) in [4.78, 5) is 35.1. The Morgan fingerprint density at radius 2 is 1.77 bits per heavy atom. The number of hydrogen-bond donors (Lipinski definition) is 2. The van der Waals surface area contributed by atoms with E-state index in [2.05, 4.69) is 10.6 Å². The molecule has 2 aromatic rings. The monoisotopic (exact) mass is 314 g/mol. The first-order valence-electron chi connectivity index (χ1n) is 6.57. The summed E-state index contributed by atoms with van der Waals surface area (Å²) in [6.45, 7) is 0. The molecule has 0 atom stereocenters. The van der Waals surface area contributed by atoms with Crippen molar-refractivity contribution in [2.75, 3.05) is 5.32 Å². The van der Waals surface area contributed by atoms with E-state index in [1.165, 1.54) is 12.1 Å². The number of amides is 3. The van der Waals surface area contributed by atoms with E-state index >= 15 is 0 Å². The predicted octanol–water partition coefficient (Wildman–Crippen LogP) is 2.40. The lowest BCUT2D eigenvalue weighted by Gasteiger charge is -2.07. The van der Waals surface area contributed by atoms with Crippen LogP contribution >= 0.6 is 11.6 Å². The average molecular weight is 315 g/mol. The smallest absolute Gasteiger partial charge is 0.259 e. The fourth-order valence-corrected chi connectivity index (χ4v) is 2.47. The van der Waals surface area contributed by atoms with Gasteiger partial charge in [0.05, 0.1) is 17.5 Å². The molecule has 0 aliphatic carbocycles. The molecule has 110 valence electrons. The third kappa shape index (κ3) is 2.71. The first-order chi connectivity index (χ1) is 10.5. The number of fused-ring (bicyclic) bond motifs is 1. The van der Waals surface area contributed by atoms with Crippen LogP contribution in [0.25, 0.3) is 0 Å². The van der Waals surface area contributed by atoms with Crippen molar-refractivity contribution in [1.82, 2.24) is 5.32 Å². The molecule has 0 saturated heterocycles. The first-order valence-corrected chi connectivity index (χ1v) is 6.95. The number of benzene rings is 2. The van der Waals surface area contributed by atoms with Crippen LogP contribution in [0.3, 0.4) is 0 Å². The van der Waals surface area contributed by atoms with Crippen LogP contribution in [0.5, 0.6) is 0 Å². The molecule has 0 fully saturated rings. The predicted molar refractivity (Wildman–Crippen MR) is 82.0 cm³/mol. The normalized spacial score (nSPS) is 12.8. The summed E-state index contributed by atoms with van der Waals surface area (Å²) < 4.78 is 0. The summed E-state index contributed by atoms with van der Waals surface area (Å²) in [6.07, 6.45) is 0.127. The number of imide groups is 1. The average Bonchev–Trinajstić information content (AvgIpc) is 2.76. The molecule has 1 heterocycles. The van der Waals surface area contributed by atoms with Gasteiger partial charge < -0.3 is 5.32 Å². The lowest BCUT2D eigenvalue weighted by atomic mass is 10.1. The van der Waals surface area contributed by atoms with E-state index in [4.69, 9.17) is 11.6 Å². The van der Waals surface area contributed by atoms with Gasteiger partial charge in [-0.05, 0) is 29.8 Å². The van der Waals surface area contributed by atoms with Crippen LogP contribution in [0.1, 0.15) is 26.3 Å². The van der Waals surface area contributed by atoms with Gasteiger partial charge in [-0.1, -0.05) is 29.8 Å². The summed E-state index contributed by atoms with van der Waals surface area (Å²) in [5, 5.41) is 5.42. The Balaban J connectivity index is 1.75. The van der Waals surface area contributed by atoms with Crippen molar-refractivity contribution in [1.29, 1.82) is 0 Å². The van der Waals surface area contributed by atoms with Gasteiger partial charge in [0.1, 0.15) is 0 Å². The quantitative estimate of drug-likeness (QED) is 0.854. The van der Waals surface area contributed by atoms with Gasteiger partial charge in [-0.15, -0.1) is 0 Å². The largest absolute Gasteiger partial charge is 0.326 e. The molecule has 1 aliphatic heterocycles. The number of nitrogens with one attached hydrogen (secondary N) is 2.